The maximum Gasteiger partial charge on any atom is 0.329 e. The second-order valence-corrected chi connectivity index (χ2v) is 5.79. The van der Waals surface area contributed by atoms with E-state index < -0.39 is 11.5 Å². The van der Waals surface area contributed by atoms with Gasteiger partial charge in [-0.3, -0.25) is 4.98 Å². The predicted molar refractivity (Wildman–Crippen MR) is 79.0 cm³/mol. The van der Waals surface area contributed by atoms with Gasteiger partial charge in [-0.15, -0.1) is 0 Å². The summed E-state index contributed by atoms with van der Waals surface area (Å²) in [5.74, 6) is 0.310. The van der Waals surface area contributed by atoms with Crippen LogP contribution in [-0.4, -0.2) is 31.6 Å². The van der Waals surface area contributed by atoms with Crippen LogP contribution in [-0.2, 0) is 4.79 Å². The number of carboxylic acid groups (broad SMARTS) is 1. The molecule has 2 heterocycles. The molecule has 0 spiro atoms. The molecule has 0 aromatic carbocycles. The summed E-state index contributed by atoms with van der Waals surface area (Å²) in [6, 6.07) is 3.57. The number of anilines is 1. The molecule has 0 radical (unpaired) electrons. The molecule has 6 nitrogen and oxygen atoms in total. The SMILES string of the molecule is CC1CCC(Nc2ccc3nccnc3n2)(C(=O)O)CC1. The van der Waals surface area contributed by atoms with Crippen molar-refractivity contribution in [2.24, 2.45) is 5.92 Å². The number of carbonyl (C=O) groups is 1. The van der Waals surface area contributed by atoms with Crippen LogP contribution < -0.4 is 5.32 Å². The molecule has 21 heavy (non-hydrogen) atoms. The van der Waals surface area contributed by atoms with Gasteiger partial charge in [0, 0.05) is 12.4 Å². The molecule has 3 rings (SSSR count). The van der Waals surface area contributed by atoms with Crippen molar-refractivity contribution in [3.8, 4) is 0 Å². The number of fused-ring (bicyclic) bond motifs is 1. The van der Waals surface area contributed by atoms with E-state index in [1.54, 1.807) is 24.5 Å². The van der Waals surface area contributed by atoms with Gasteiger partial charge in [0.15, 0.2) is 5.65 Å². The van der Waals surface area contributed by atoms with Crippen molar-refractivity contribution in [1.82, 2.24) is 15.0 Å². The first-order chi connectivity index (χ1) is 10.1. The smallest absolute Gasteiger partial charge is 0.329 e. The van der Waals surface area contributed by atoms with E-state index in [1.165, 1.54) is 0 Å². The topological polar surface area (TPSA) is 88.0 Å². The summed E-state index contributed by atoms with van der Waals surface area (Å²) in [6.07, 6.45) is 6.24. The van der Waals surface area contributed by atoms with E-state index in [-0.39, 0.29) is 0 Å². The van der Waals surface area contributed by atoms with Crippen LogP contribution in [0.15, 0.2) is 24.5 Å². The molecular weight excluding hydrogens is 268 g/mol. The lowest BCUT2D eigenvalue weighted by Gasteiger charge is -2.36. The highest BCUT2D eigenvalue weighted by Gasteiger charge is 2.41. The Bertz CT molecular complexity index is 666. The van der Waals surface area contributed by atoms with Crippen molar-refractivity contribution in [2.45, 2.75) is 38.1 Å². The van der Waals surface area contributed by atoms with Crippen LogP contribution in [0.3, 0.4) is 0 Å². The number of aromatic nitrogens is 3. The fourth-order valence-corrected chi connectivity index (χ4v) is 2.82. The van der Waals surface area contributed by atoms with Gasteiger partial charge in [-0.25, -0.2) is 14.8 Å². The van der Waals surface area contributed by atoms with Crippen molar-refractivity contribution >= 4 is 23.0 Å². The molecule has 0 bridgehead atoms. The minimum Gasteiger partial charge on any atom is -0.480 e. The highest BCUT2D eigenvalue weighted by Crippen LogP contribution is 2.34. The molecule has 1 fully saturated rings. The van der Waals surface area contributed by atoms with E-state index in [9.17, 15) is 9.90 Å². The van der Waals surface area contributed by atoms with Gasteiger partial charge in [-0.05, 0) is 43.7 Å². The molecule has 0 unspecified atom stereocenters. The number of hydrogen-bond acceptors (Lipinski definition) is 5. The molecule has 2 N–H and O–H groups in total. The first-order valence-electron chi connectivity index (χ1n) is 7.18. The van der Waals surface area contributed by atoms with Gasteiger partial charge in [0.05, 0.1) is 0 Å². The number of pyridine rings is 1. The summed E-state index contributed by atoms with van der Waals surface area (Å²) in [6.45, 7) is 2.16. The van der Waals surface area contributed by atoms with E-state index in [0.717, 1.165) is 12.8 Å². The molecule has 0 aliphatic heterocycles. The van der Waals surface area contributed by atoms with Gasteiger partial charge in [0.1, 0.15) is 16.9 Å². The summed E-state index contributed by atoms with van der Waals surface area (Å²) < 4.78 is 0. The normalized spacial score (nSPS) is 25.7. The maximum atomic E-state index is 11.7. The second kappa shape index (κ2) is 5.27. The van der Waals surface area contributed by atoms with Crippen LogP contribution in [0.1, 0.15) is 32.6 Å². The standard InChI is InChI=1S/C15H18N4O2/c1-10-4-6-15(7-5-10,14(20)21)19-12-3-2-11-13(18-12)17-9-8-16-11/h2-3,8-10H,4-7H2,1H3,(H,20,21)(H,17,18,19). The quantitative estimate of drug-likeness (QED) is 0.901. The monoisotopic (exact) mass is 286 g/mol. The van der Waals surface area contributed by atoms with Crippen molar-refractivity contribution in [3.05, 3.63) is 24.5 Å². The Hall–Kier alpha value is -2.24. The summed E-state index contributed by atoms with van der Waals surface area (Å²) >= 11 is 0. The minimum atomic E-state index is -0.921. The van der Waals surface area contributed by atoms with Crippen LogP contribution in [0.4, 0.5) is 5.82 Å². The molecule has 2 aromatic rings. The highest BCUT2D eigenvalue weighted by molar-refractivity contribution is 5.83. The second-order valence-electron chi connectivity index (χ2n) is 5.79. The average molecular weight is 286 g/mol. The van der Waals surface area contributed by atoms with Gasteiger partial charge in [-0.1, -0.05) is 6.92 Å². The number of hydrogen-bond donors (Lipinski definition) is 2. The summed E-state index contributed by atoms with van der Waals surface area (Å²) in [7, 11) is 0. The van der Waals surface area contributed by atoms with E-state index in [2.05, 4.69) is 27.2 Å². The zero-order valence-corrected chi connectivity index (χ0v) is 11.9. The van der Waals surface area contributed by atoms with Crippen LogP contribution in [0.2, 0.25) is 0 Å². The average Bonchev–Trinajstić information content (AvgIpc) is 2.49. The van der Waals surface area contributed by atoms with E-state index in [1.807, 2.05) is 0 Å². The van der Waals surface area contributed by atoms with Gasteiger partial charge in [0.2, 0.25) is 0 Å². The maximum absolute atomic E-state index is 11.7. The lowest BCUT2D eigenvalue weighted by atomic mass is 9.77. The van der Waals surface area contributed by atoms with E-state index >= 15 is 0 Å². The van der Waals surface area contributed by atoms with Crippen LogP contribution in [0, 0.1) is 5.92 Å². The number of nitrogens with zero attached hydrogens (tertiary/aromatic N) is 3. The van der Waals surface area contributed by atoms with Gasteiger partial charge >= 0.3 is 5.97 Å². The largest absolute Gasteiger partial charge is 0.480 e. The number of nitrogens with one attached hydrogen (secondary N) is 1. The van der Waals surface area contributed by atoms with E-state index in [0.29, 0.717) is 35.7 Å². The fraction of sp³-hybridized carbons (Fsp3) is 0.467. The summed E-state index contributed by atoms with van der Waals surface area (Å²) in [5, 5.41) is 12.8. The molecule has 2 aromatic heterocycles. The number of carboxylic acids is 1. The molecule has 1 saturated carbocycles. The molecule has 1 aliphatic rings. The zero-order valence-electron chi connectivity index (χ0n) is 11.9. The number of aliphatic carboxylic acids is 1. The minimum absolute atomic E-state index is 0.521. The Labute approximate surface area is 122 Å². The molecule has 0 saturated heterocycles. The first kappa shape index (κ1) is 13.7. The zero-order chi connectivity index (χ0) is 14.9. The Kier molecular flexibility index (Phi) is 3.45. The molecular formula is C15H18N4O2. The summed E-state index contributed by atoms with van der Waals surface area (Å²) in [4.78, 5) is 24.4. The Morgan fingerprint density at radius 3 is 2.71 bits per heavy atom. The van der Waals surface area contributed by atoms with Crippen molar-refractivity contribution in [1.29, 1.82) is 0 Å². The Balaban J connectivity index is 1.89. The van der Waals surface area contributed by atoms with Gasteiger partial charge < -0.3 is 10.4 Å². The fourth-order valence-electron chi connectivity index (χ4n) is 2.82. The third kappa shape index (κ3) is 2.66. The van der Waals surface area contributed by atoms with Gasteiger partial charge in [0.25, 0.3) is 0 Å². The molecule has 110 valence electrons. The number of rotatable bonds is 3. The van der Waals surface area contributed by atoms with Crippen LogP contribution >= 0.6 is 0 Å². The van der Waals surface area contributed by atoms with Crippen molar-refractivity contribution in [3.63, 3.8) is 0 Å². The van der Waals surface area contributed by atoms with E-state index in [4.69, 9.17) is 0 Å². The van der Waals surface area contributed by atoms with Crippen LogP contribution in [0.25, 0.3) is 11.2 Å². The molecule has 1 aliphatic carbocycles. The Morgan fingerprint density at radius 2 is 2.00 bits per heavy atom. The van der Waals surface area contributed by atoms with Gasteiger partial charge in [-0.2, -0.15) is 0 Å². The lowest BCUT2D eigenvalue weighted by Crippen LogP contribution is -2.49. The predicted octanol–water partition coefficient (Wildman–Crippen LogP) is 2.47. The highest BCUT2D eigenvalue weighted by atomic mass is 16.4. The summed E-state index contributed by atoms with van der Waals surface area (Å²) in [5.41, 5.74) is 0.298. The Morgan fingerprint density at radius 1 is 1.29 bits per heavy atom. The molecule has 0 amide bonds. The van der Waals surface area contributed by atoms with Crippen LogP contribution in [0.5, 0.6) is 0 Å². The lowest BCUT2D eigenvalue weighted by molar-refractivity contribution is -0.143. The third-order valence-electron chi connectivity index (χ3n) is 4.24. The third-order valence-corrected chi connectivity index (χ3v) is 4.24. The first-order valence-corrected chi connectivity index (χ1v) is 7.18. The molecule has 6 heteroatoms. The van der Waals surface area contributed by atoms with Crippen molar-refractivity contribution in [2.75, 3.05) is 5.32 Å². The molecule has 0 atom stereocenters. The van der Waals surface area contributed by atoms with Crippen molar-refractivity contribution < 1.29 is 9.90 Å².